The van der Waals surface area contributed by atoms with Gasteiger partial charge in [-0.15, -0.1) is 0 Å². The van der Waals surface area contributed by atoms with Crippen molar-refractivity contribution in [3.05, 3.63) is 65.7 Å². The van der Waals surface area contributed by atoms with Crippen LogP contribution < -0.4 is 0 Å². The van der Waals surface area contributed by atoms with Gasteiger partial charge < -0.3 is 0 Å². The number of pyridine rings is 1. The molecule has 21 heavy (non-hydrogen) atoms. The lowest BCUT2D eigenvalue weighted by molar-refractivity contribution is 0.0992. The number of aryl methyl sites for hydroxylation is 1. The van der Waals surface area contributed by atoms with E-state index in [0.29, 0.717) is 12.0 Å². The molecule has 0 unspecified atom stereocenters. The Balaban J connectivity index is 1.86. The maximum absolute atomic E-state index is 12.4. The van der Waals surface area contributed by atoms with Crippen LogP contribution in [0.4, 0.5) is 0 Å². The van der Waals surface area contributed by atoms with Crippen LogP contribution in [0.3, 0.4) is 0 Å². The summed E-state index contributed by atoms with van der Waals surface area (Å²) in [7, 11) is 0. The summed E-state index contributed by atoms with van der Waals surface area (Å²) in [5, 5.41) is 0. The predicted octanol–water partition coefficient (Wildman–Crippen LogP) is 3.01. The molecule has 2 aromatic heterocycles. The minimum absolute atomic E-state index is 0.0447. The number of carbonyl (C=O) groups is 1. The summed E-state index contributed by atoms with van der Waals surface area (Å²) in [5.41, 5.74) is 3.98. The molecule has 3 aromatic rings. The van der Waals surface area contributed by atoms with Crippen LogP contribution in [-0.2, 0) is 12.8 Å². The molecule has 0 amide bonds. The molecule has 0 spiro atoms. The topological polar surface area (TPSA) is 55.7 Å². The monoisotopic (exact) mass is 277 g/mol. The zero-order valence-electron chi connectivity index (χ0n) is 11.8. The number of benzene rings is 1. The maximum Gasteiger partial charge on any atom is 0.168 e. The van der Waals surface area contributed by atoms with E-state index in [2.05, 4.69) is 21.9 Å². The quantitative estimate of drug-likeness (QED) is 0.688. The molecule has 4 nitrogen and oxygen atoms in total. The lowest BCUT2D eigenvalue weighted by Crippen LogP contribution is -2.06. The van der Waals surface area contributed by atoms with Crippen LogP contribution in [0, 0.1) is 0 Å². The molecule has 4 heteroatoms. The van der Waals surface area contributed by atoms with Gasteiger partial charge in [0.2, 0.25) is 0 Å². The molecule has 0 bridgehead atoms. The average Bonchev–Trinajstić information content (AvgIpc) is 2.54. The molecule has 0 radical (unpaired) electrons. The van der Waals surface area contributed by atoms with Crippen LogP contribution in [-0.4, -0.2) is 20.7 Å². The van der Waals surface area contributed by atoms with Crippen molar-refractivity contribution in [1.29, 1.82) is 0 Å². The molecule has 0 N–H and O–H groups in total. The van der Waals surface area contributed by atoms with Crippen molar-refractivity contribution in [3.63, 3.8) is 0 Å². The summed E-state index contributed by atoms with van der Waals surface area (Å²) in [6.45, 7) is 2.05. The van der Waals surface area contributed by atoms with E-state index in [1.807, 2.05) is 24.3 Å². The molecule has 0 atom stereocenters. The summed E-state index contributed by atoms with van der Waals surface area (Å²) in [6, 6.07) is 11.2. The van der Waals surface area contributed by atoms with Gasteiger partial charge in [0.05, 0.1) is 17.5 Å². The summed E-state index contributed by atoms with van der Waals surface area (Å²) in [5.74, 6) is 0.0447. The number of ketones is 1. The van der Waals surface area contributed by atoms with E-state index in [1.165, 1.54) is 0 Å². The van der Waals surface area contributed by atoms with Crippen molar-refractivity contribution in [2.24, 2.45) is 0 Å². The first kappa shape index (κ1) is 13.4. The molecular weight excluding hydrogens is 262 g/mol. The second kappa shape index (κ2) is 5.79. The number of nitrogens with zero attached hydrogens (tertiary/aromatic N) is 3. The maximum atomic E-state index is 12.4. The van der Waals surface area contributed by atoms with E-state index in [9.17, 15) is 4.79 Å². The highest BCUT2D eigenvalue weighted by Crippen LogP contribution is 2.13. The van der Waals surface area contributed by atoms with Crippen molar-refractivity contribution >= 4 is 16.8 Å². The first-order chi connectivity index (χ1) is 10.3. The molecule has 0 saturated carbocycles. The SMILES string of the molecule is CCc1cccc(CC(=O)c2ccc3nccnc3c2)n1. The Morgan fingerprint density at radius 1 is 1.00 bits per heavy atom. The second-order valence-electron chi connectivity index (χ2n) is 4.83. The van der Waals surface area contributed by atoms with E-state index in [1.54, 1.807) is 24.5 Å². The molecule has 0 aliphatic heterocycles. The highest BCUT2D eigenvalue weighted by Gasteiger charge is 2.09. The van der Waals surface area contributed by atoms with Crippen LogP contribution >= 0.6 is 0 Å². The highest BCUT2D eigenvalue weighted by molar-refractivity contribution is 5.99. The fourth-order valence-electron chi connectivity index (χ4n) is 2.23. The number of fused-ring (bicyclic) bond motifs is 1. The lowest BCUT2D eigenvalue weighted by Gasteiger charge is -2.04. The molecule has 3 rings (SSSR count). The summed E-state index contributed by atoms with van der Waals surface area (Å²) >= 11 is 0. The van der Waals surface area contributed by atoms with Gasteiger partial charge in [-0.05, 0) is 36.8 Å². The van der Waals surface area contributed by atoms with Gasteiger partial charge in [0, 0.05) is 29.3 Å². The Morgan fingerprint density at radius 2 is 1.76 bits per heavy atom. The smallest absolute Gasteiger partial charge is 0.168 e. The van der Waals surface area contributed by atoms with Gasteiger partial charge in [0.1, 0.15) is 0 Å². The highest BCUT2D eigenvalue weighted by atomic mass is 16.1. The standard InChI is InChI=1S/C17H15N3O/c1-2-13-4-3-5-14(20-13)11-17(21)12-6-7-15-16(10-12)19-9-8-18-15/h3-10H,2,11H2,1H3. The molecule has 104 valence electrons. The zero-order valence-corrected chi connectivity index (χ0v) is 11.8. The van der Waals surface area contributed by atoms with E-state index >= 15 is 0 Å². The van der Waals surface area contributed by atoms with Crippen LogP contribution in [0.5, 0.6) is 0 Å². The Bertz CT molecular complexity index is 799. The number of hydrogen-bond donors (Lipinski definition) is 0. The third kappa shape index (κ3) is 2.94. The van der Waals surface area contributed by atoms with Crippen molar-refractivity contribution < 1.29 is 4.79 Å². The predicted molar refractivity (Wildman–Crippen MR) is 81.2 cm³/mol. The largest absolute Gasteiger partial charge is 0.294 e. The second-order valence-corrected chi connectivity index (χ2v) is 4.83. The fourth-order valence-corrected chi connectivity index (χ4v) is 2.23. The average molecular weight is 277 g/mol. The van der Waals surface area contributed by atoms with Crippen LogP contribution in [0.1, 0.15) is 28.7 Å². The van der Waals surface area contributed by atoms with Gasteiger partial charge in [0.25, 0.3) is 0 Å². The Labute approximate surface area is 122 Å². The van der Waals surface area contributed by atoms with Crippen molar-refractivity contribution in [2.75, 3.05) is 0 Å². The molecule has 0 saturated heterocycles. The van der Waals surface area contributed by atoms with Crippen molar-refractivity contribution in [3.8, 4) is 0 Å². The molecule has 1 aromatic carbocycles. The molecule has 0 aliphatic carbocycles. The third-order valence-electron chi connectivity index (χ3n) is 3.36. The normalized spacial score (nSPS) is 10.7. The third-order valence-corrected chi connectivity index (χ3v) is 3.36. The zero-order chi connectivity index (χ0) is 14.7. The Hall–Kier alpha value is -2.62. The van der Waals surface area contributed by atoms with Gasteiger partial charge in [-0.1, -0.05) is 13.0 Å². The minimum Gasteiger partial charge on any atom is -0.294 e. The van der Waals surface area contributed by atoms with Gasteiger partial charge in [-0.3, -0.25) is 19.7 Å². The molecular formula is C17H15N3O. The number of carbonyl (C=O) groups excluding carboxylic acids is 1. The summed E-state index contributed by atoms with van der Waals surface area (Å²) < 4.78 is 0. The number of rotatable bonds is 4. The van der Waals surface area contributed by atoms with Crippen LogP contribution in [0.2, 0.25) is 0 Å². The molecule has 0 fully saturated rings. The number of Topliss-reactive ketones (excluding diaryl/α,β-unsaturated/α-hetero) is 1. The van der Waals surface area contributed by atoms with Crippen molar-refractivity contribution in [2.45, 2.75) is 19.8 Å². The molecule has 0 aliphatic rings. The Kier molecular flexibility index (Phi) is 3.69. The minimum atomic E-state index is 0.0447. The Morgan fingerprint density at radius 3 is 2.57 bits per heavy atom. The van der Waals surface area contributed by atoms with Crippen molar-refractivity contribution in [1.82, 2.24) is 15.0 Å². The fraction of sp³-hybridized carbons (Fsp3) is 0.176. The summed E-state index contributed by atoms with van der Waals surface area (Å²) in [4.78, 5) is 25.3. The van der Waals surface area contributed by atoms with Gasteiger partial charge in [-0.25, -0.2) is 0 Å². The van der Waals surface area contributed by atoms with E-state index < -0.39 is 0 Å². The van der Waals surface area contributed by atoms with Crippen LogP contribution in [0.15, 0.2) is 48.8 Å². The lowest BCUT2D eigenvalue weighted by atomic mass is 10.1. The van der Waals surface area contributed by atoms with Gasteiger partial charge in [0.15, 0.2) is 5.78 Å². The first-order valence-electron chi connectivity index (χ1n) is 6.95. The van der Waals surface area contributed by atoms with Gasteiger partial charge in [-0.2, -0.15) is 0 Å². The molecule has 2 heterocycles. The van der Waals surface area contributed by atoms with Gasteiger partial charge >= 0.3 is 0 Å². The number of aromatic nitrogens is 3. The first-order valence-corrected chi connectivity index (χ1v) is 6.95. The summed E-state index contributed by atoms with van der Waals surface area (Å²) in [6.07, 6.45) is 4.44. The van der Waals surface area contributed by atoms with E-state index in [0.717, 1.165) is 28.8 Å². The van der Waals surface area contributed by atoms with Crippen LogP contribution in [0.25, 0.3) is 11.0 Å². The van der Waals surface area contributed by atoms with E-state index in [4.69, 9.17) is 0 Å². The number of hydrogen-bond acceptors (Lipinski definition) is 4. The van der Waals surface area contributed by atoms with E-state index in [-0.39, 0.29) is 5.78 Å².